The van der Waals surface area contributed by atoms with Gasteiger partial charge in [0.2, 0.25) is 5.91 Å². The van der Waals surface area contributed by atoms with Crippen molar-refractivity contribution >= 4 is 5.91 Å². The Labute approximate surface area is 114 Å². The monoisotopic (exact) mass is 257 g/mol. The van der Waals surface area contributed by atoms with Gasteiger partial charge in [-0.15, -0.1) is 0 Å². The Bertz CT molecular complexity index is 466. The van der Waals surface area contributed by atoms with Gasteiger partial charge in [0.25, 0.3) is 0 Å². The first-order valence-electron chi connectivity index (χ1n) is 6.62. The van der Waals surface area contributed by atoms with Gasteiger partial charge in [-0.1, -0.05) is 37.3 Å². The summed E-state index contributed by atoms with van der Waals surface area (Å²) in [6.45, 7) is 4.34. The summed E-state index contributed by atoms with van der Waals surface area (Å²) in [5.74, 6) is 0.421. The van der Waals surface area contributed by atoms with Crippen molar-refractivity contribution in [2.24, 2.45) is 11.8 Å². The number of nitriles is 1. The normalized spacial score (nSPS) is 21.9. The SMILES string of the molecule is C[C@@H]1CNC[C@H]1C(=O)N(CC#N)Cc1ccccc1. The molecule has 1 aromatic rings. The van der Waals surface area contributed by atoms with E-state index in [4.69, 9.17) is 5.26 Å². The molecule has 1 heterocycles. The highest BCUT2D eigenvalue weighted by molar-refractivity contribution is 5.80. The van der Waals surface area contributed by atoms with Crippen LogP contribution >= 0.6 is 0 Å². The molecule has 1 aliphatic rings. The molecule has 0 aromatic heterocycles. The van der Waals surface area contributed by atoms with E-state index in [9.17, 15) is 4.79 Å². The molecule has 4 nitrogen and oxygen atoms in total. The van der Waals surface area contributed by atoms with E-state index in [2.05, 4.69) is 18.3 Å². The number of rotatable bonds is 4. The van der Waals surface area contributed by atoms with Crippen molar-refractivity contribution in [3.63, 3.8) is 0 Å². The number of hydrogen-bond acceptors (Lipinski definition) is 3. The smallest absolute Gasteiger partial charge is 0.228 e. The van der Waals surface area contributed by atoms with E-state index in [1.807, 2.05) is 30.3 Å². The van der Waals surface area contributed by atoms with E-state index in [1.54, 1.807) is 4.90 Å². The number of carbonyl (C=O) groups is 1. The highest BCUT2D eigenvalue weighted by Crippen LogP contribution is 2.19. The highest BCUT2D eigenvalue weighted by atomic mass is 16.2. The number of hydrogen-bond donors (Lipinski definition) is 1. The Hall–Kier alpha value is -1.86. The predicted molar refractivity (Wildman–Crippen MR) is 73.0 cm³/mol. The number of benzene rings is 1. The van der Waals surface area contributed by atoms with Gasteiger partial charge >= 0.3 is 0 Å². The Kier molecular flexibility index (Phi) is 4.53. The minimum absolute atomic E-state index is 0.00272. The van der Waals surface area contributed by atoms with Crippen molar-refractivity contribution in [3.8, 4) is 6.07 Å². The van der Waals surface area contributed by atoms with E-state index in [0.29, 0.717) is 12.5 Å². The van der Waals surface area contributed by atoms with Crippen LogP contribution in [0.1, 0.15) is 12.5 Å². The van der Waals surface area contributed by atoms with Crippen LogP contribution in [-0.2, 0) is 11.3 Å². The number of nitrogens with one attached hydrogen (secondary N) is 1. The summed E-state index contributed by atoms with van der Waals surface area (Å²) in [7, 11) is 0. The largest absolute Gasteiger partial charge is 0.325 e. The number of carbonyl (C=O) groups excluding carboxylic acids is 1. The van der Waals surface area contributed by atoms with Gasteiger partial charge < -0.3 is 10.2 Å². The van der Waals surface area contributed by atoms with Crippen LogP contribution < -0.4 is 5.32 Å². The van der Waals surface area contributed by atoms with Crippen LogP contribution in [-0.4, -0.2) is 30.4 Å². The lowest BCUT2D eigenvalue weighted by molar-refractivity contribution is -0.136. The zero-order valence-electron chi connectivity index (χ0n) is 11.2. The van der Waals surface area contributed by atoms with Crippen molar-refractivity contribution in [1.29, 1.82) is 5.26 Å². The van der Waals surface area contributed by atoms with E-state index in [1.165, 1.54) is 0 Å². The Balaban J connectivity index is 2.07. The standard InChI is InChI=1S/C15H19N3O/c1-12-9-17-10-14(12)15(19)18(8-7-16)11-13-5-3-2-4-6-13/h2-6,12,14,17H,8-11H2,1H3/t12-,14-/m1/s1. The lowest BCUT2D eigenvalue weighted by Gasteiger charge is -2.24. The Morgan fingerprint density at radius 1 is 1.42 bits per heavy atom. The van der Waals surface area contributed by atoms with E-state index in [0.717, 1.165) is 18.7 Å². The zero-order chi connectivity index (χ0) is 13.7. The molecule has 1 amide bonds. The molecule has 2 atom stereocenters. The quantitative estimate of drug-likeness (QED) is 0.829. The topological polar surface area (TPSA) is 56.1 Å². The lowest BCUT2D eigenvalue weighted by Crippen LogP contribution is -2.38. The lowest BCUT2D eigenvalue weighted by atomic mass is 9.96. The molecule has 2 rings (SSSR count). The van der Waals surface area contributed by atoms with Crippen LogP contribution in [0.3, 0.4) is 0 Å². The van der Waals surface area contributed by atoms with Gasteiger partial charge in [0, 0.05) is 13.1 Å². The second-order valence-corrected chi connectivity index (χ2v) is 5.08. The van der Waals surface area contributed by atoms with Gasteiger partial charge in [-0.3, -0.25) is 4.79 Å². The third-order valence-corrected chi connectivity index (χ3v) is 3.62. The average molecular weight is 257 g/mol. The summed E-state index contributed by atoms with van der Waals surface area (Å²) in [5, 5.41) is 12.1. The molecule has 1 fully saturated rings. The fourth-order valence-corrected chi connectivity index (χ4v) is 2.48. The van der Waals surface area contributed by atoms with Gasteiger partial charge in [-0.25, -0.2) is 0 Å². The zero-order valence-corrected chi connectivity index (χ0v) is 11.2. The summed E-state index contributed by atoms with van der Waals surface area (Å²) in [6, 6.07) is 11.9. The van der Waals surface area contributed by atoms with E-state index in [-0.39, 0.29) is 18.4 Å². The van der Waals surface area contributed by atoms with Gasteiger partial charge in [-0.2, -0.15) is 5.26 Å². The third-order valence-electron chi connectivity index (χ3n) is 3.62. The van der Waals surface area contributed by atoms with Crippen LogP contribution in [0.5, 0.6) is 0 Å². The molecular formula is C15H19N3O. The molecule has 1 saturated heterocycles. The maximum atomic E-state index is 12.5. The van der Waals surface area contributed by atoms with E-state index >= 15 is 0 Å². The first-order valence-corrected chi connectivity index (χ1v) is 6.62. The third kappa shape index (κ3) is 3.33. The van der Waals surface area contributed by atoms with Gasteiger partial charge in [-0.05, 0) is 18.0 Å². The van der Waals surface area contributed by atoms with Crippen molar-refractivity contribution < 1.29 is 4.79 Å². The van der Waals surface area contributed by atoms with Gasteiger partial charge in [0.15, 0.2) is 0 Å². The van der Waals surface area contributed by atoms with Crippen molar-refractivity contribution in [1.82, 2.24) is 10.2 Å². The maximum absolute atomic E-state index is 12.5. The van der Waals surface area contributed by atoms with Crippen LogP contribution in [0.25, 0.3) is 0 Å². The summed E-state index contributed by atoms with van der Waals surface area (Å²) < 4.78 is 0. The average Bonchev–Trinajstić information content (AvgIpc) is 2.85. The Morgan fingerprint density at radius 2 is 2.16 bits per heavy atom. The van der Waals surface area contributed by atoms with Crippen molar-refractivity contribution in [2.45, 2.75) is 13.5 Å². The van der Waals surface area contributed by atoms with E-state index < -0.39 is 0 Å². The maximum Gasteiger partial charge on any atom is 0.228 e. The van der Waals surface area contributed by atoms with Crippen LogP contribution in [0.4, 0.5) is 0 Å². The van der Waals surface area contributed by atoms with Crippen LogP contribution in [0.15, 0.2) is 30.3 Å². The molecule has 0 spiro atoms. The molecule has 0 saturated carbocycles. The second-order valence-electron chi connectivity index (χ2n) is 5.08. The molecule has 19 heavy (non-hydrogen) atoms. The summed E-state index contributed by atoms with van der Waals surface area (Å²) in [4.78, 5) is 14.1. The molecule has 100 valence electrons. The molecule has 1 aliphatic heterocycles. The van der Waals surface area contributed by atoms with Crippen molar-refractivity contribution in [2.75, 3.05) is 19.6 Å². The fraction of sp³-hybridized carbons (Fsp3) is 0.467. The number of nitrogens with zero attached hydrogens (tertiary/aromatic N) is 2. The minimum atomic E-state index is -0.00272. The molecule has 0 radical (unpaired) electrons. The van der Waals surface area contributed by atoms with Crippen LogP contribution in [0.2, 0.25) is 0 Å². The minimum Gasteiger partial charge on any atom is -0.325 e. The molecule has 1 aromatic carbocycles. The first-order chi connectivity index (χ1) is 9.22. The summed E-state index contributed by atoms with van der Waals surface area (Å²) in [6.07, 6.45) is 0. The second kappa shape index (κ2) is 6.35. The molecule has 1 N–H and O–H groups in total. The van der Waals surface area contributed by atoms with Gasteiger partial charge in [0.05, 0.1) is 12.0 Å². The fourth-order valence-electron chi connectivity index (χ4n) is 2.48. The first kappa shape index (κ1) is 13.6. The number of amides is 1. The molecular weight excluding hydrogens is 238 g/mol. The predicted octanol–water partition coefficient (Wildman–Crippen LogP) is 1.39. The van der Waals surface area contributed by atoms with Crippen LogP contribution in [0, 0.1) is 23.2 Å². The Morgan fingerprint density at radius 3 is 2.74 bits per heavy atom. The summed E-state index contributed by atoms with van der Waals surface area (Å²) >= 11 is 0. The van der Waals surface area contributed by atoms with Gasteiger partial charge in [0.1, 0.15) is 6.54 Å². The van der Waals surface area contributed by atoms with Crippen molar-refractivity contribution in [3.05, 3.63) is 35.9 Å². The molecule has 0 bridgehead atoms. The molecule has 0 unspecified atom stereocenters. The highest BCUT2D eigenvalue weighted by Gasteiger charge is 2.32. The molecule has 4 heteroatoms. The molecule has 0 aliphatic carbocycles. The summed E-state index contributed by atoms with van der Waals surface area (Å²) in [5.41, 5.74) is 1.06.